The molecule has 42 heavy (non-hydrogen) atoms. The molecule has 1 amide bonds. The molecular formula is C28H33F3N8O3. The van der Waals surface area contributed by atoms with Crippen LogP contribution in [0.5, 0.6) is 0 Å². The number of carbonyl (C=O) groups is 1. The Labute approximate surface area is 240 Å². The predicted molar refractivity (Wildman–Crippen MR) is 145 cm³/mol. The fraction of sp³-hybridized carbons (Fsp3) is 0.536. The molecule has 3 saturated heterocycles. The van der Waals surface area contributed by atoms with Crippen molar-refractivity contribution in [3.05, 3.63) is 58.9 Å². The van der Waals surface area contributed by atoms with E-state index in [1.807, 2.05) is 16.7 Å². The maximum atomic E-state index is 14.4. The molecular weight excluding hydrogens is 553 g/mol. The number of nitrogens with two attached hydrogens (primary N) is 1. The van der Waals surface area contributed by atoms with Gasteiger partial charge in [0.1, 0.15) is 11.9 Å². The van der Waals surface area contributed by atoms with Gasteiger partial charge in [-0.1, -0.05) is 5.16 Å². The van der Waals surface area contributed by atoms with Gasteiger partial charge in [-0.05, 0) is 44.2 Å². The fourth-order valence-electron chi connectivity index (χ4n) is 6.11. The average Bonchev–Trinajstić information content (AvgIpc) is 3.77. The number of benzene rings is 1. The van der Waals surface area contributed by atoms with E-state index in [-0.39, 0.29) is 30.2 Å². The first-order valence-electron chi connectivity index (χ1n) is 14.3. The van der Waals surface area contributed by atoms with Crippen LogP contribution < -0.4 is 15.5 Å². The Balaban J connectivity index is 1.07. The van der Waals surface area contributed by atoms with Gasteiger partial charge in [-0.2, -0.15) is 4.98 Å². The van der Waals surface area contributed by atoms with E-state index in [0.29, 0.717) is 62.2 Å². The lowest BCUT2D eigenvalue weighted by molar-refractivity contribution is 0.0661. The van der Waals surface area contributed by atoms with E-state index in [1.54, 1.807) is 4.90 Å². The minimum absolute atomic E-state index is 0.0164. The summed E-state index contributed by atoms with van der Waals surface area (Å²) in [6.45, 7) is 5.04. The Morgan fingerprint density at radius 1 is 1.05 bits per heavy atom. The summed E-state index contributed by atoms with van der Waals surface area (Å²) in [4.78, 5) is 32.4. The zero-order valence-electron chi connectivity index (χ0n) is 23.3. The van der Waals surface area contributed by atoms with Gasteiger partial charge in [0.25, 0.3) is 5.91 Å². The molecule has 3 aliphatic heterocycles. The summed E-state index contributed by atoms with van der Waals surface area (Å²) in [6.07, 6.45) is 6.21. The van der Waals surface area contributed by atoms with E-state index in [0.717, 1.165) is 31.7 Å². The molecule has 3 aromatic rings. The molecule has 0 bridgehead atoms. The molecule has 3 fully saturated rings. The van der Waals surface area contributed by atoms with Crippen LogP contribution in [0.4, 0.5) is 25.1 Å². The van der Waals surface area contributed by atoms with Crippen molar-refractivity contribution in [2.75, 3.05) is 49.1 Å². The molecule has 224 valence electrons. The number of halogens is 3. The molecule has 0 unspecified atom stereocenters. The molecule has 6 rings (SSSR count). The average molecular weight is 587 g/mol. The number of nitrogens with zero attached hydrogens (tertiary/aromatic N) is 7. The Morgan fingerprint density at radius 3 is 2.48 bits per heavy atom. The van der Waals surface area contributed by atoms with Crippen molar-refractivity contribution in [3.8, 4) is 0 Å². The van der Waals surface area contributed by atoms with Gasteiger partial charge in [0.15, 0.2) is 11.6 Å². The van der Waals surface area contributed by atoms with Crippen LogP contribution >= 0.6 is 0 Å². The van der Waals surface area contributed by atoms with Crippen molar-refractivity contribution < 1.29 is 27.2 Å². The molecule has 0 spiro atoms. The highest BCUT2D eigenvalue weighted by Crippen LogP contribution is 2.32. The summed E-state index contributed by atoms with van der Waals surface area (Å²) in [5.74, 6) is -3.04. The molecule has 2 N–H and O–H groups in total. The van der Waals surface area contributed by atoms with Crippen LogP contribution in [-0.4, -0.2) is 82.3 Å². The summed E-state index contributed by atoms with van der Waals surface area (Å²) in [6, 6.07) is 1.37. The van der Waals surface area contributed by atoms with Crippen LogP contribution in [0.3, 0.4) is 0 Å². The fourth-order valence-corrected chi connectivity index (χ4v) is 6.11. The lowest BCUT2D eigenvalue weighted by atomic mass is 9.94. The number of piperidine rings is 1. The van der Waals surface area contributed by atoms with E-state index in [4.69, 9.17) is 15.0 Å². The molecule has 3 atom stereocenters. The second-order valence-electron chi connectivity index (χ2n) is 11.0. The highest BCUT2D eigenvalue weighted by atomic mass is 19.2. The number of ether oxygens (including phenoxy) is 1. The predicted octanol–water partition coefficient (Wildman–Crippen LogP) is 3.19. The highest BCUT2D eigenvalue weighted by molar-refractivity contribution is 5.94. The third kappa shape index (κ3) is 5.52. The standard InChI is InChI=1S/C28H33F3N8O3/c1-2-39(17-5-7-37(8-6-17)28-35-25(36-42-28)24-4-3-9-41-24)26(40)16-12-33-27(34-13-16)38-14-19(23(32)15-38)18-10-21(30)22(31)11-20(18)29/h10-13,17,19,23-24H,2-9,14-15,32H2,1H3/t19-,23+,24+/m1/s1. The monoisotopic (exact) mass is 586 g/mol. The number of amides is 1. The van der Waals surface area contributed by atoms with Gasteiger partial charge in [0, 0.05) is 75.8 Å². The second kappa shape index (κ2) is 11.8. The molecule has 1 aromatic carbocycles. The first kappa shape index (κ1) is 28.3. The minimum Gasteiger partial charge on any atom is -0.370 e. The van der Waals surface area contributed by atoms with E-state index in [2.05, 4.69) is 20.1 Å². The molecule has 0 radical (unpaired) electrons. The first-order chi connectivity index (χ1) is 20.3. The van der Waals surface area contributed by atoms with E-state index >= 15 is 0 Å². The van der Waals surface area contributed by atoms with Gasteiger partial charge in [0.05, 0.1) is 5.56 Å². The zero-order chi connectivity index (χ0) is 29.4. The van der Waals surface area contributed by atoms with Gasteiger partial charge in [-0.15, -0.1) is 0 Å². The topological polar surface area (TPSA) is 127 Å². The molecule has 11 nitrogen and oxygen atoms in total. The van der Waals surface area contributed by atoms with Gasteiger partial charge < -0.3 is 29.7 Å². The van der Waals surface area contributed by atoms with Gasteiger partial charge >= 0.3 is 6.01 Å². The Morgan fingerprint density at radius 2 is 1.79 bits per heavy atom. The third-order valence-electron chi connectivity index (χ3n) is 8.40. The molecule has 3 aliphatic rings. The summed E-state index contributed by atoms with van der Waals surface area (Å²) < 4.78 is 52.7. The SMILES string of the molecule is CCN(C(=O)c1cnc(N2C[C@H](c3cc(F)c(F)cc3F)[C@@H](N)C2)nc1)C1CCN(c2nc([C@@H]3CCCO3)no2)CC1. The summed E-state index contributed by atoms with van der Waals surface area (Å²) >= 11 is 0. The van der Waals surface area contributed by atoms with Gasteiger partial charge in [-0.25, -0.2) is 23.1 Å². The molecule has 0 saturated carbocycles. The van der Waals surface area contributed by atoms with Crippen molar-refractivity contribution in [2.24, 2.45) is 5.73 Å². The van der Waals surface area contributed by atoms with E-state index in [9.17, 15) is 18.0 Å². The molecule has 14 heteroatoms. The number of carbonyl (C=O) groups excluding carboxylic acids is 1. The normalized spacial score (nSPS) is 23.1. The molecule has 5 heterocycles. The lowest BCUT2D eigenvalue weighted by Crippen LogP contribution is -2.47. The van der Waals surface area contributed by atoms with Crippen LogP contribution in [0.15, 0.2) is 29.0 Å². The van der Waals surface area contributed by atoms with Crippen molar-refractivity contribution in [3.63, 3.8) is 0 Å². The van der Waals surface area contributed by atoms with Crippen molar-refractivity contribution in [1.29, 1.82) is 0 Å². The third-order valence-corrected chi connectivity index (χ3v) is 8.40. The number of hydrogen-bond donors (Lipinski definition) is 1. The zero-order valence-corrected chi connectivity index (χ0v) is 23.3. The minimum atomic E-state index is -1.24. The Bertz CT molecular complexity index is 1410. The van der Waals surface area contributed by atoms with E-state index in [1.165, 1.54) is 12.4 Å². The summed E-state index contributed by atoms with van der Waals surface area (Å²) in [7, 11) is 0. The summed E-state index contributed by atoms with van der Waals surface area (Å²) in [5, 5.41) is 4.09. The Hall–Kier alpha value is -3.78. The van der Waals surface area contributed by atoms with Crippen molar-refractivity contribution in [1.82, 2.24) is 25.0 Å². The van der Waals surface area contributed by atoms with Gasteiger partial charge in [0.2, 0.25) is 11.8 Å². The summed E-state index contributed by atoms with van der Waals surface area (Å²) in [5.41, 5.74) is 6.60. The molecule has 0 aliphatic carbocycles. The van der Waals surface area contributed by atoms with Crippen LogP contribution in [0.1, 0.15) is 66.4 Å². The van der Waals surface area contributed by atoms with Crippen molar-refractivity contribution >= 4 is 17.9 Å². The first-order valence-corrected chi connectivity index (χ1v) is 14.3. The number of anilines is 2. The number of hydrogen-bond acceptors (Lipinski definition) is 10. The lowest BCUT2D eigenvalue weighted by Gasteiger charge is -2.37. The van der Waals surface area contributed by atoms with Crippen molar-refractivity contribution in [2.45, 2.75) is 56.7 Å². The van der Waals surface area contributed by atoms with Crippen LogP contribution in [-0.2, 0) is 4.74 Å². The van der Waals surface area contributed by atoms with Crippen LogP contribution in [0, 0.1) is 17.5 Å². The van der Waals surface area contributed by atoms with Crippen LogP contribution in [0.2, 0.25) is 0 Å². The number of aromatic nitrogens is 4. The van der Waals surface area contributed by atoms with E-state index < -0.39 is 29.4 Å². The highest BCUT2D eigenvalue weighted by Gasteiger charge is 2.36. The second-order valence-corrected chi connectivity index (χ2v) is 11.0. The maximum absolute atomic E-state index is 14.4. The number of rotatable bonds is 7. The van der Waals surface area contributed by atoms with Gasteiger partial charge in [-0.3, -0.25) is 4.79 Å². The quantitative estimate of drug-likeness (QED) is 0.413. The Kier molecular flexibility index (Phi) is 7.99. The largest absolute Gasteiger partial charge is 0.370 e. The molecule has 2 aromatic heterocycles. The smallest absolute Gasteiger partial charge is 0.324 e. The maximum Gasteiger partial charge on any atom is 0.324 e. The van der Waals surface area contributed by atoms with Crippen LogP contribution in [0.25, 0.3) is 0 Å².